The van der Waals surface area contributed by atoms with E-state index in [0.29, 0.717) is 5.95 Å². The Kier molecular flexibility index (Phi) is 3.82. The van der Waals surface area contributed by atoms with E-state index in [4.69, 9.17) is 0 Å². The van der Waals surface area contributed by atoms with Gasteiger partial charge in [-0.05, 0) is 26.8 Å². The predicted octanol–water partition coefficient (Wildman–Crippen LogP) is 1.93. The number of anilines is 1. The molecule has 5 nitrogen and oxygen atoms in total. The lowest BCUT2D eigenvalue weighted by atomic mass is 10.2. The number of nitrogens with one attached hydrogen (secondary N) is 1. The minimum absolute atomic E-state index is 0.211. The van der Waals surface area contributed by atoms with Gasteiger partial charge in [0.1, 0.15) is 0 Å². The third kappa shape index (κ3) is 3.48. The fourth-order valence-electron chi connectivity index (χ4n) is 1.81. The van der Waals surface area contributed by atoms with E-state index in [0.717, 1.165) is 23.5 Å². The molecule has 0 spiro atoms. The van der Waals surface area contributed by atoms with E-state index < -0.39 is 0 Å². The number of aromatic nitrogens is 4. The molecule has 0 aliphatic rings. The van der Waals surface area contributed by atoms with Gasteiger partial charge in [0.2, 0.25) is 5.95 Å². The molecule has 2 aromatic heterocycles. The zero-order valence-electron chi connectivity index (χ0n) is 10.9. The lowest BCUT2D eigenvalue weighted by Gasteiger charge is -2.13. The number of aryl methyl sites for hydroxylation is 2. The zero-order valence-corrected chi connectivity index (χ0v) is 10.9. The van der Waals surface area contributed by atoms with E-state index in [1.54, 1.807) is 18.6 Å². The summed E-state index contributed by atoms with van der Waals surface area (Å²) in [6, 6.07) is 2.17. The quantitative estimate of drug-likeness (QED) is 0.889. The first-order valence-electron chi connectivity index (χ1n) is 5.97. The van der Waals surface area contributed by atoms with Gasteiger partial charge in [-0.15, -0.1) is 0 Å². The van der Waals surface area contributed by atoms with Crippen LogP contribution in [0.15, 0.2) is 24.7 Å². The molecule has 2 heterocycles. The molecule has 0 aliphatic heterocycles. The van der Waals surface area contributed by atoms with Crippen LogP contribution in [0.4, 0.5) is 5.95 Å². The van der Waals surface area contributed by atoms with E-state index in [-0.39, 0.29) is 6.04 Å². The van der Waals surface area contributed by atoms with Crippen LogP contribution in [-0.4, -0.2) is 26.0 Å². The van der Waals surface area contributed by atoms with Crippen LogP contribution in [0.5, 0.6) is 0 Å². The fourth-order valence-corrected chi connectivity index (χ4v) is 1.81. The van der Waals surface area contributed by atoms with Crippen LogP contribution in [0.3, 0.4) is 0 Å². The van der Waals surface area contributed by atoms with E-state index in [9.17, 15) is 0 Å². The lowest BCUT2D eigenvalue weighted by molar-refractivity contribution is 0.752. The van der Waals surface area contributed by atoms with Crippen LogP contribution >= 0.6 is 0 Å². The topological polar surface area (TPSA) is 63.6 Å². The van der Waals surface area contributed by atoms with Gasteiger partial charge in [-0.2, -0.15) is 0 Å². The van der Waals surface area contributed by atoms with Crippen molar-refractivity contribution in [2.45, 2.75) is 33.2 Å². The van der Waals surface area contributed by atoms with Crippen molar-refractivity contribution in [1.29, 1.82) is 0 Å². The summed E-state index contributed by atoms with van der Waals surface area (Å²) in [7, 11) is 0. The largest absolute Gasteiger partial charge is 0.351 e. The highest BCUT2D eigenvalue weighted by Gasteiger charge is 2.07. The molecule has 18 heavy (non-hydrogen) atoms. The third-order valence-electron chi connectivity index (χ3n) is 2.49. The Balaban J connectivity index is 2.01. The summed E-state index contributed by atoms with van der Waals surface area (Å²) in [4.78, 5) is 17.0. The van der Waals surface area contributed by atoms with Crippen molar-refractivity contribution in [3.63, 3.8) is 0 Å². The van der Waals surface area contributed by atoms with Gasteiger partial charge in [0.25, 0.3) is 0 Å². The normalized spacial score (nSPS) is 12.2. The molecule has 1 atom stereocenters. The molecule has 5 heteroatoms. The van der Waals surface area contributed by atoms with Gasteiger partial charge in [0.15, 0.2) is 0 Å². The molecule has 0 aromatic carbocycles. The Bertz CT molecular complexity index is 492. The first-order chi connectivity index (χ1) is 8.63. The SMILES string of the molecule is Cc1cc(C)nc(N[C@@H](C)Cc2cnccn2)n1. The fraction of sp³-hybridized carbons (Fsp3) is 0.385. The van der Waals surface area contributed by atoms with Crippen molar-refractivity contribution in [2.75, 3.05) is 5.32 Å². The lowest BCUT2D eigenvalue weighted by Crippen LogP contribution is -2.20. The summed E-state index contributed by atoms with van der Waals surface area (Å²) < 4.78 is 0. The number of nitrogens with zero attached hydrogens (tertiary/aromatic N) is 4. The van der Waals surface area contributed by atoms with Crippen molar-refractivity contribution >= 4 is 5.95 Å². The molecule has 1 N–H and O–H groups in total. The second-order valence-electron chi connectivity index (χ2n) is 4.42. The highest BCUT2D eigenvalue weighted by Crippen LogP contribution is 2.07. The van der Waals surface area contributed by atoms with Crippen LogP contribution in [0.2, 0.25) is 0 Å². The average Bonchev–Trinajstić information content (AvgIpc) is 2.28. The van der Waals surface area contributed by atoms with Crippen molar-refractivity contribution in [3.05, 3.63) is 41.7 Å². The van der Waals surface area contributed by atoms with Crippen molar-refractivity contribution < 1.29 is 0 Å². The average molecular weight is 243 g/mol. The molecular formula is C13H17N5. The molecule has 0 fully saturated rings. The summed E-state index contributed by atoms with van der Waals surface area (Å²) in [6.45, 7) is 6.01. The Morgan fingerprint density at radius 2 is 1.89 bits per heavy atom. The highest BCUT2D eigenvalue weighted by atomic mass is 15.1. The Morgan fingerprint density at radius 1 is 1.17 bits per heavy atom. The first-order valence-corrected chi connectivity index (χ1v) is 5.97. The van der Waals surface area contributed by atoms with Crippen molar-refractivity contribution in [1.82, 2.24) is 19.9 Å². The number of rotatable bonds is 4. The molecule has 2 aromatic rings. The van der Waals surface area contributed by atoms with Crippen LogP contribution in [0.25, 0.3) is 0 Å². The maximum atomic E-state index is 4.36. The van der Waals surface area contributed by atoms with E-state index in [1.807, 2.05) is 19.9 Å². The summed E-state index contributed by atoms with van der Waals surface area (Å²) >= 11 is 0. The molecule has 0 bridgehead atoms. The minimum atomic E-state index is 0.211. The van der Waals surface area contributed by atoms with Crippen molar-refractivity contribution in [2.24, 2.45) is 0 Å². The summed E-state index contributed by atoms with van der Waals surface area (Å²) in [6.07, 6.45) is 5.95. The summed E-state index contributed by atoms with van der Waals surface area (Å²) in [5.74, 6) is 0.670. The van der Waals surface area contributed by atoms with E-state index in [2.05, 4.69) is 32.2 Å². The van der Waals surface area contributed by atoms with Gasteiger partial charge >= 0.3 is 0 Å². The molecule has 94 valence electrons. The summed E-state index contributed by atoms with van der Waals surface area (Å²) in [5.41, 5.74) is 2.90. The van der Waals surface area contributed by atoms with Crippen molar-refractivity contribution in [3.8, 4) is 0 Å². The maximum Gasteiger partial charge on any atom is 0.223 e. The van der Waals surface area contributed by atoms with E-state index >= 15 is 0 Å². The zero-order chi connectivity index (χ0) is 13.0. The minimum Gasteiger partial charge on any atom is -0.351 e. The Labute approximate surface area is 107 Å². The molecule has 0 radical (unpaired) electrons. The van der Waals surface area contributed by atoms with Gasteiger partial charge in [-0.1, -0.05) is 0 Å². The smallest absolute Gasteiger partial charge is 0.223 e. The summed E-state index contributed by atoms with van der Waals surface area (Å²) in [5, 5.41) is 3.28. The molecule has 0 aliphatic carbocycles. The molecule has 0 unspecified atom stereocenters. The number of hydrogen-bond acceptors (Lipinski definition) is 5. The van der Waals surface area contributed by atoms with E-state index in [1.165, 1.54) is 0 Å². The monoisotopic (exact) mass is 243 g/mol. The molecule has 0 saturated carbocycles. The second kappa shape index (κ2) is 5.53. The Morgan fingerprint density at radius 3 is 2.50 bits per heavy atom. The van der Waals surface area contributed by atoms with Gasteiger partial charge in [0.05, 0.1) is 5.69 Å². The van der Waals surface area contributed by atoms with Crippen LogP contribution in [-0.2, 0) is 6.42 Å². The molecular weight excluding hydrogens is 226 g/mol. The Hall–Kier alpha value is -2.04. The van der Waals surface area contributed by atoms with Gasteiger partial charge in [-0.3, -0.25) is 9.97 Å². The predicted molar refractivity (Wildman–Crippen MR) is 70.3 cm³/mol. The maximum absolute atomic E-state index is 4.36. The molecule has 0 amide bonds. The number of hydrogen-bond donors (Lipinski definition) is 1. The van der Waals surface area contributed by atoms with Crippen LogP contribution in [0.1, 0.15) is 24.0 Å². The van der Waals surface area contributed by atoms with Gasteiger partial charge < -0.3 is 5.32 Å². The van der Waals surface area contributed by atoms with Gasteiger partial charge in [0, 0.05) is 42.4 Å². The standard InChI is InChI=1S/C13H17N5/c1-9-6-10(2)17-13(16-9)18-11(3)7-12-8-14-4-5-15-12/h4-6,8,11H,7H2,1-3H3,(H,16,17,18)/t11-/m0/s1. The second-order valence-corrected chi connectivity index (χ2v) is 4.42. The highest BCUT2D eigenvalue weighted by molar-refractivity contribution is 5.29. The molecule has 0 saturated heterocycles. The molecule has 2 rings (SSSR count). The third-order valence-corrected chi connectivity index (χ3v) is 2.49. The van der Waals surface area contributed by atoms with Crippen LogP contribution in [0, 0.1) is 13.8 Å². The first kappa shape index (κ1) is 12.4. The van der Waals surface area contributed by atoms with Crippen LogP contribution < -0.4 is 5.32 Å². The van der Waals surface area contributed by atoms with Gasteiger partial charge in [-0.25, -0.2) is 9.97 Å².